The fourth-order valence-corrected chi connectivity index (χ4v) is 2.81. The highest BCUT2D eigenvalue weighted by atomic mass is 16.2. The molecule has 1 saturated carbocycles. The Morgan fingerprint density at radius 2 is 1.96 bits per heavy atom. The van der Waals surface area contributed by atoms with Gasteiger partial charge in [0.15, 0.2) is 0 Å². The molecule has 1 heterocycles. The van der Waals surface area contributed by atoms with E-state index in [1.807, 2.05) is 24.3 Å². The monoisotopic (exact) mass is 348 g/mol. The van der Waals surface area contributed by atoms with Gasteiger partial charge in [0.05, 0.1) is 11.0 Å². The van der Waals surface area contributed by atoms with Crippen molar-refractivity contribution < 1.29 is 9.59 Å². The molecule has 1 aliphatic rings. The second kappa shape index (κ2) is 7.00. The number of H-pyrrole nitrogens is 1. The summed E-state index contributed by atoms with van der Waals surface area (Å²) in [6, 6.07) is 15.1. The van der Waals surface area contributed by atoms with Crippen LogP contribution in [0.2, 0.25) is 0 Å². The first-order valence-corrected chi connectivity index (χ1v) is 8.82. The molecule has 1 aromatic heterocycles. The van der Waals surface area contributed by atoms with E-state index in [4.69, 9.17) is 0 Å². The molecule has 0 spiro atoms. The van der Waals surface area contributed by atoms with Crippen molar-refractivity contribution in [2.75, 3.05) is 5.32 Å². The van der Waals surface area contributed by atoms with E-state index in [0.717, 1.165) is 29.7 Å². The Bertz CT molecular complexity index is 926. The fraction of sp³-hybridized carbons (Fsp3) is 0.250. The molecular formula is C20H20N4O2. The number of imidazole rings is 1. The minimum absolute atomic E-state index is 0.0918. The predicted molar refractivity (Wildman–Crippen MR) is 100.0 cm³/mol. The van der Waals surface area contributed by atoms with Gasteiger partial charge in [0.2, 0.25) is 5.91 Å². The van der Waals surface area contributed by atoms with Crippen LogP contribution in [0.1, 0.15) is 35.4 Å². The summed E-state index contributed by atoms with van der Waals surface area (Å²) in [4.78, 5) is 32.0. The van der Waals surface area contributed by atoms with E-state index >= 15 is 0 Å². The Labute approximate surface area is 151 Å². The van der Waals surface area contributed by atoms with Gasteiger partial charge < -0.3 is 15.6 Å². The molecule has 6 heteroatoms. The minimum atomic E-state index is -0.106. The number of anilines is 1. The number of rotatable bonds is 6. The number of benzene rings is 2. The van der Waals surface area contributed by atoms with Crippen LogP contribution in [0, 0.1) is 0 Å². The molecule has 0 atom stereocenters. The second-order valence-electron chi connectivity index (χ2n) is 6.58. The number of carbonyl (C=O) groups is 2. The number of hydrogen-bond donors (Lipinski definition) is 3. The summed E-state index contributed by atoms with van der Waals surface area (Å²) in [7, 11) is 0. The van der Waals surface area contributed by atoms with Gasteiger partial charge in [-0.1, -0.05) is 18.2 Å². The van der Waals surface area contributed by atoms with Crippen LogP contribution in [0.3, 0.4) is 0 Å². The van der Waals surface area contributed by atoms with Crippen LogP contribution in [0.15, 0.2) is 48.5 Å². The number of nitrogens with one attached hydrogen (secondary N) is 3. The van der Waals surface area contributed by atoms with Gasteiger partial charge in [0.25, 0.3) is 5.91 Å². The molecule has 6 nitrogen and oxygen atoms in total. The third-order valence-corrected chi connectivity index (χ3v) is 4.35. The number of amides is 2. The number of hydrogen-bond acceptors (Lipinski definition) is 3. The van der Waals surface area contributed by atoms with Crippen LogP contribution >= 0.6 is 0 Å². The van der Waals surface area contributed by atoms with Gasteiger partial charge in [-0.05, 0) is 43.2 Å². The van der Waals surface area contributed by atoms with Crippen molar-refractivity contribution in [1.29, 1.82) is 0 Å². The maximum Gasteiger partial charge on any atom is 0.251 e. The molecule has 1 aliphatic carbocycles. The number of fused-ring (bicyclic) bond motifs is 1. The molecule has 1 fully saturated rings. The normalized spacial score (nSPS) is 13.5. The molecule has 0 aliphatic heterocycles. The molecule has 0 unspecified atom stereocenters. The van der Waals surface area contributed by atoms with E-state index in [9.17, 15) is 9.59 Å². The Balaban J connectivity index is 1.34. The smallest absolute Gasteiger partial charge is 0.251 e. The lowest BCUT2D eigenvalue weighted by atomic mass is 10.2. The van der Waals surface area contributed by atoms with Crippen molar-refractivity contribution >= 4 is 28.5 Å². The van der Waals surface area contributed by atoms with Crippen molar-refractivity contribution in [2.24, 2.45) is 0 Å². The van der Waals surface area contributed by atoms with Gasteiger partial charge in [0, 0.05) is 30.1 Å². The Hall–Kier alpha value is -3.15. The van der Waals surface area contributed by atoms with Crippen LogP contribution in [0.5, 0.6) is 0 Å². The quantitative estimate of drug-likeness (QED) is 0.640. The average Bonchev–Trinajstić information content (AvgIpc) is 3.35. The highest BCUT2D eigenvalue weighted by molar-refractivity contribution is 5.97. The number of aryl methyl sites for hydroxylation is 1. The molecule has 2 amide bonds. The topological polar surface area (TPSA) is 86.9 Å². The summed E-state index contributed by atoms with van der Waals surface area (Å²) in [5.74, 6) is 0.593. The standard InChI is InChI=1S/C20H20N4O2/c25-19(11-10-18-23-16-6-1-2-7-17(16)24-18)21-15-5-3-4-13(12-15)20(26)22-14-8-9-14/h1-7,12,14H,8-11H2,(H,21,25)(H,22,26)(H,23,24). The summed E-state index contributed by atoms with van der Waals surface area (Å²) in [5.41, 5.74) is 3.06. The van der Waals surface area contributed by atoms with Crippen molar-refractivity contribution in [3.8, 4) is 0 Å². The molecule has 0 radical (unpaired) electrons. The highest BCUT2D eigenvalue weighted by Crippen LogP contribution is 2.20. The molecule has 2 aromatic carbocycles. The van der Waals surface area contributed by atoms with E-state index in [1.54, 1.807) is 24.3 Å². The van der Waals surface area contributed by atoms with Crippen LogP contribution < -0.4 is 10.6 Å². The zero-order valence-electron chi connectivity index (χ0n) is 14.3. The molecule has 3 aromatic rings. The molecule has 0 bridgehead atoms. The van der Waals surface area contributed by atoms with E-state index in [1.165, 1.54) is 0 Å². The lowest BCUT2D eigenvalue weighted by Crippen LogP contribution is -2.25. The molecule has 3 N–H and O–H groups in total. The zero-order valence-corrected chi connectivity index (χ0v) is 14.3. The van der Waals surface area contributed by atoms with Crippen LogP contribution in [0.25, 0.3) is 11.0 Å². The van der Waals surface area contributed by atoms with Crippen molar-refractivity contribution in [2.45, 2.75) is 31.7 Å². The average molecular weight is 348 g/mol. The predicted octanol–water partition coefficient (Wildman–Crippen LogP) is 3.03. The van der Waals surface area contributed by atoms with Gasteiger partial charge >= 0.3 is 0 Å². The van der Waals surface area contributed by atoms with E-state index in [2.05, 4.69) is 20.6 Å². The maximum absolute atomic E-state index is 12.2. The van der Waals surface area contributed by atoms with Crippen LogP contribution in [-0.2, 0) is 11.2 Å². The number of carbonyl (C=O) groups excluding carboxylic acids is 2. The van der Waals surface area contributed by atoms with Gasteiger partial charge in [-0.2, -0.15) is 0 Å². The number of aromatic amines is 1. The van der Waals surface area contributed by atoms with E-state index in [-0.39, 0.29) is 11.8 Å². The van der Waals surface area contributed by atoms with Gasteiger partial charge in [-0.3, -0.25) is 9.59 Å². The van der Waals surface area contributed by atoms with E-state index in [0.29, 0.717) is 30.1 Å². The highest BCUT2D eigenvalue weighted by Gasteiger charge is 2.23. The lowest BCUT2D eigenvalue weighted by Gasteiger charge is -2.07. The lowest BCUT2D eigenvalue weighted by molar-refractivity contribution is -0.116. The Morgan fingerprint density at radius 3 is 2.77 bits per heavy atom. The molecule has 132 valence electrons. The SMILES string of the molecule is O=C(CCc1nc2ccccc2[nH]1)Nc1cccc(C(=O)NC2CC2)c1. The Morgan fingerprint density at radius 1 is 1.12 bits per heavy atom. The third kappa shape index (κ3) is 3.91. The molecule has 0 saturated heterocycles. The van der Waals surface area contributed by atoms with Crippen molar-refractivity contribution in [3.63, 3.8) is 0 Å². The Kier molecular flexibility index (Phi) is 4.39. The minimum Gasteiger partial charge on any atom is -0.349 e. The fourth-order valence-electron chi connectivity index (χ4n) is 2.81. The molecule has 4 rings (SSSR count). The van der Waals surface area contributed by atoms with Crippen LogP contribution in [0.4, 0.5) is 5.69 Å². The van der Waals surface area contributed by atoms with E-state index < -0.39 is 0 Å². The number of aromatic nitrogens is 2. The first-order valence-electron chi connectivity index (χ1n) is 8.82. The van der Waals surface area contributed by atoms with Gasteiger partial charge in [-0.15, -0.1) is 0 Å². The molecular weight excluding hydrogens is 328 g/mol. The van der Waals surface area contributed by atoms with Crippen LogP contribution in [-0.4, -0.2) is 27.8 Å². The zero-order chi connectivity index (χ0) is 17.9. The first-order chi connectivity index (χ1) is 12.7. The van der Waals surface area contributed by atoms with Gasteiger partial charge in [0.1, 0.15) is 5.82 Å². The summed E-state index contributed by atoms with van der Waals surface area (Å²) in [6.45, 7) is 0. The molecule has 26 heavy (non-hydrogen) atoms. The second-order valence-corrected chi connectivity index (χ2v) is 6.58. The summed E-state index contributed by atoms with van der Waals surface area (Å²) in [6.07, 6.45) is 2.94. The van der Waals surface area contributed by atoms with Crippen molar-refractivity contribution in [1.82, 2.24) is 15.3 Å². The maximum atomic E-state index is 12.2. The summed E-state index contributed by atoms with van der Waals surface area (Å²) < 4.78 is 0. The summed E-state index contributed by atoms with van der Waals surface area (Å²) in [5, 5.41) is 5.80. The number of para-hydroxylation sites is 2. The number of nitrogens with zero attached hydrogens (tertiary/aromatic N) is 1. The third-order valence-electron chi connectivity index (χ3n) is 4.35. The summed E-state index contributed by atoms with van der Waals surface area (Å²) >= 11 is 0. The van der Waals surface area contributed by atoms with Crippen molar-refractivity contribution in [3.05, 3.63) is 59.9 Å². The largest absolute Gasteiger partial charge is 0.349 e. The van der Waals surface area contributed by atoms with Gasteiger partial charge in [-0.25, -0.2) is 4.98 Å². The first kappa shape index (κ1) is 16.3.